The van der Waals surface area contributed by atoms with E-state index in [1.807, 2.05) is 0 Å². The maximum absolute atomic E-state index is 10.8. The first kappa shape index (κ1) is 10.0. The van der Waals surface area contributed by atoms with Crippen LogP contribution in [0, 0.1) is 0 Å². The van der Waals surface area contributed by atoms with Gasteiger partial charge in [0.15, 0.2) is 11.6 Å². The van der Waals surface area contributed by atoms with Gasteiger partial charge in [0, 0.05) is 12.4 Å². The average Bonchev–Trinajstić information content (AvgIpc) is 2.87. The number of H-pyrrole nitrogens is 1. The van der Waals surface area contributed by atoms with Gasteiger partial charge in [-0.05, 0) is 0 Å². The molecule has 3 N–H and O–H groups in total. The number of hydrogen-bond acceptors (Lipinski definition) is 6. The number of anilines is 2. The first-order valence-electron chi connectivity index (χ1n) is 4.50. The molecule has 3 heterocycles. The number of fused-ring (bicyclic) bond motifs is 1. The number of amides is 1. The summed E-state index contributed by atoms with van der Waals surface area (Å²) in [7, 11) is 0. The second-order valence-corrected chi connectivity index (χ2v) is 2.81. The Morgan fingerprint density at radius 2 is 2.00 bits per heavy atom. The standard InChI is InChI=1S/C6H6N4O.C2H3N3/c11-4-3-9-5-6(10-4)8-2-1-7-5;1-3-2-5-4-1/h1-2H,3H2,(H,7,9)(H,8,10,11);1-2H,(H,3,4,5). The topological polar surface area (TPSA) is 108 Å². The summed E-state index contributed by atoms with van der Waals surface area (Å²) in [5, 5.41) is 11.4. The summed E-state index contributed by atoms with van der Waals surface area (Å²) in [5.41, 5.74) is 0. The van der Waals surface area contributed by atoms with Gasteiger partial charge in [-0.25, -0.2) is 15.0 Å². The van der Waals surface area contributed by atoms with Gasteiger partial charge in [-0.3, -0.25) is 9.89 Å². The van der Waals surface area contributed by atoms with E-state index < -0.39 is 0 Å². The highest BCUT2D eigenvalue weighted by Crippen LogP contribution is 2.16. The number of rotatable bonds is 0. The number of carbonyl (C=O) groups is 1. The Morgan fingerprint density at radius 3 is 2.62 bits per heavy atom. The van der Waals surface area contributed by atoms with Crippen molar-refractivity contribution in [1.82, 2.24) is 25.1 Å². The van der Waals surface area contributed by atoms with Crippen LogP contribution in [0.2, 0.25) is 0 Å². The van der Waals surface area contributed by atoms with Gasteiger partial charge < -0.3 is 10.6 Å². The summed E-state index contributed by atoms with van der Waals surface area (Å²) in [6.45, 7) is 0.270. The van der Waals surface area contributed by atoms with E-state index >= 15 is 0 Å². The third-order valence-electron chi connectivity index (χ3n) is 1.70. The van der Waals surface area contributed by atoms with Crippen molar-refractivity contribution in [2.45, 2.75) is 0 Å². The molecule has 1 aliphatic heterocycles. The van der Waals surface area contributed by atoms with Crippen LogP contribution in [0.15, 0.2) is 25.0 Å². The lowest BCUT2D eigenvalue weighted by Crippen LogP contribution is -2.28. The molecule has 0 fully saturated rings. The fraction of sp³-hybridized carbons (Fsp3) is 0.125. The normalized spacial score (nSPS) is 12.6. The van der Waals surface area contributed by atoms with E-state index in [1.165, 1.54) is 18.9 Å². The van der Waals surface area contributed by atoms with Crippen molar-refractivity contribution in [3.63, 3.8) is 0 Å². The first-order chi connectivity index (χ1) is 7.86. The number of aromatic amines is 1. The number of hydrogen-bond donors (Lipinski definition) is 3. The van der Waals surface area contributed by atoms with Gasteiger partial charge in [0.1, 0.15) is 12.7 Å². The van der Waals surface area contributed by atoms with Crippen LogP contribution in [0.4, 0.5) is 11.6 Å². The Labute approximate surface area is 90.5 Å². The molecule has 0 spiro atoms. The molecule has 8 heteroatoms. The Morgan fingerprint density at radius 1 is 1.19 bits per heavy atom. The lowest BCUT2D eigenvalue weighted by atomic mass is 10.4. The van der Waals surface area contributed by atoms with Crippen LogP contribution in [-0.2, 0) is 4.79 Å². The molecule has 2 aromatic rings. The third-order valence-corrected chi connectivity index (χ3v) is 1.70. The van der Waals surface area contributed by atoms with Crippen molar-refractivity contribution in [3.8, 4) is 0 Å². The summed E-state index contributed by atoms with van der Waals surface area (Å²) in [6.07, 6.45) is 6.06. The van der Waals surface area contributed by atoms with Crippen LogP contribution in [-0.4, -0.2) is 37.6 Å². The minimum atomic E-state index is -0.0852. The van der Waals surface area contributed by atoms with Crippen molar-refractivity contribution in [1.29, 1.82) is 0 Å². The molecule has 0 saturated heterocycles. The summed E-state index contributed by atoms with van der Waals surface area (Å²) < 4.78 is 0. The van der Waals surface area contributed by atoms with Crippen molar-refractivity contribution in [3.05, 3.63) is 25.0 Å². The molecule has 3 rings (SSSR count). The Hall–Kier alpha value is -2.51. The van der Waals surface area contributed by atoms with Gasteiger partial charge in [-0.2, -0.15) is 5.10 Å². The van der Waals surface area contributed by atoms with E-state index in [0.717, 1.165) is 0 Å². The molecule has 1 aliphatic rings. The minimum Gasteiger partial charge on any atom is -0.358 e. The number of carbonyl (C=O) groups excluding carboxylic acids is 1. The Balaban J connectivity index is 0.000000162. The summed E-state index contributed by atoms with van der Waals surface area (Å²) in [4.78, 5) is 22.2. The molecule has 0 saturated carbocycles. The average molecular weight is 219 g/mol. The van der Waals surface area contributed by atoms with Gasteiger partial charge in [0.25, 0.3) is 0 Å². The smallest absolute Gasteiger partial charge is 0.244 e. The molecular weight excluding hydrogens is 210 g/mol. The summed E-state index contributed by atoms with van der Waals surface area (Å²) in [6, 6.07) is 0. The van der Waals surface area contributed by atoms with E-state index in [0.29, 0.717) is 11.6 Å². The minimum absolute atomic E-state index is 0.0852. The first-order valence-corrected chi connectivity index (χ1v) is 4.50. The number of aromatic nitrogens is 5. The predicted octanol–water partition coefficient (Wildman–Crippen LogP) is -0.355. The quantitative estimate of drug-likeness (QED) is 0.558. The van der Waals surface area contributed by atoms with Crippen molar-refractivity contribution in [2.24, 2.45) is 0 Å². The molecular formula is C8H9N7O. The molecule has 2 aromatic heterocycles. The van der Waals surface area contributed by atoms with Crippen LogP contribution >= 0.6 is 0 Å². The largest absolute Gasteiger partial charge is 0.358 e. The molecule has 1 amide bonds. The second kappa shape index (κ2) is 4.82. The number of nitrogens with zero attached hydrogens (tertiary/aromatic N) is 4. The van der Waals surface area contributed by atoms with Crippen molar-refractivity contribution in [2.75, 3.05) is 17.2 Å². The Kier molecular flexibility index (Phi) is 3.02. The van der Waals surface area contributed by atoms with Gasteiger partial charge in [-0.1, -0.05) is 0 Å². The maximum atomic E-state index is 10.8. The SMILES string of the molecule is O=C1CNc2nccnc2N1.c1nc[nH]n1. The third kappa shape index (κ3) is 2.50. The molecule has 0 unspecified atom stereocenters. The van der Waals surface area contributed by atoms with Crippen molar-refractivity contribution < 1.29 is 4.79 Å². The fourth-order valence-electron chi connectivity index (χ4n) is 1.07. The predicted molar refractivity (Wildman–Crippen MR) is 55.5 cm³/mol. The van der Waals surface area contributed by atoms with Crippen LogP contribution in [0.1, 0.15) is 0 Å². The molecule has 16 heavy (non-hydrogen) atoms. The second-order valence-electron chi connectivity index (χ2n) is 2.81. The summed E-state index contributed by atoms with van der Waals surface area (Å²) >= 11 is 0. The highest BCUT2D eigenvalue weighted by molar-refractivity contribution is 5.98. The van der Waals surface area contributed by atoms with E-state index in [4.69, 9.17) is 0 Å². The molecule has 8 nitrogen and oxygen atoms in total. The van der Waals surface area contributed by atoms with E-state index in [1.54, 1.807) is 6.20 Å². The monoisotopic (exact) mass is 219 g/mol. The van der Waals surface area contributed by atoms with Crippen molar-refractivity contribution >= 4 is 17.5 Å². The zero-order chi connectivity index (χ0) is 11.2. The van der Waals surface area contributed by atoms with Crippen LogP contribution < -0.4 is 10.6 Å². The highest BCUT2D eigenvalue weighted by Gasteiger charge is 2.14. The Bertz CT molecular complexity index is 438. The maximum Gasteiger partial charge on any atom is 0.244 e. The highest BCUT2D eigenvalue weighted by atomic mass is 16.2. The zero-order valence-electron chi connectivity index (χ0n) is 8.21. The van der Waals surface area contributed by atoms with Gasteiger partial charge in [-0.15, -0.1) is 0 Å². The van der Waals surface area contributed by atoms with E-state index in [2.05, 4.69) is 35.8 Å². The van der Waals surface area contributed by atoms with Crippen LogP contribution in [0.5, 0.6) is 0 Å². The van der Waals surface area contributed by atoms with Crippen LogP contribution in [0.25, 0.3) is 0 Å². The van der Waals surface area contributed by atoms with Gasteiger partial charge in [0.05, 0.1) is 6.54 Å². The van der Waals surface area contributed by atoms with Gasteiger partial charge >= 0.3 is 0 Å². The molecule has 0 aromatic carbocycles. The van der Waals surface area contributed by atoms with E-state index in [-0.39, 0.29) is 12.5 Å². The van der Waals surface area contributed by atoms with E-state index in [9.17, 15) is 4.79 Å². The zero-order valence-corrected chi connectivity index (χ0v) is 8.21. The number of nitrogens with one attached hydrogen (secondary N) is 3. The lowest BCUT2D eigenvalue weighted by Gasteiger charge is -2.14. The van der Waals surface area contributed by atoms with Gasteiger partial charge in [0.2, 0.25) is 5.91 Å². The van der Waals surface area contributed by atoms with Crippen LogP contribution in [0.3, 0.4) is 0 Å². The lowest BCUT2D eigenvalue weighted by molar-refractivity contribution is -0.114. The molecule has 0 atom stereocenters. The molecule has 0 radical (unpaired) electrons. The fourth-order valence-corrected chi connectivity index (χ4v) is 1.07. The molecule has 0 aliphatic carbocycles. The summed E-state index contributed by atoms with van der Waals surface area (Å²) in [5.74, 6) is 1.05. The molecule has 82 valence electrons. The molecule has 0 bridgehead atoms.